The highest BCUT2D eigenvalue weighted by Crippen LogP contribution is 2.64. The largest absolute Gasteiger partial charge is 0.399 e. The van der Waals surface area contributed by atoms with Gasteiger partial charge in [0.05, 0.1) is 18.1 Å². The fourth-order valence-corrected chi connectivity index (χ4v) is 9.93. The molecule has 0 aromatic rings. The predicted molar refractivity (Wildman–Crippen MR) is 189 cm³/mol. The average molecular weight is 953 g/mol. The smallest absolute Gasteiger partial charge is 0.390 e. The third-order valence-corrected chi connectivity index (χ3v) is 13.6. The van der Waals surface area contributed by atoms with Crippen LogP contribution in [-0.4, -0.2) is 225 Å². The van der Waals surface area contributed by atoms with Crippen LogP contribution in [0.1, 0.15) is 52.9 Å². The van der Waals surface area contributed by atoms with Gasteiger partial charge in [0.2, 0.25) is 23.1 Å². The zero-order valence-electron chi connectivity index (χ0n) is 34.1. The van der Waals surface area contributed by atoms with Gasteiger partial charge in [-0.25, -0.2) is 4.79 Å². The van der Waals surface area contributed by atoms with Crippen LogP contribution in [-0.2, 0) is 38.2 Å². The Morgan fingerprint density at radius 2 is 1.22 bits per heavy atom. The molecule has 4 saturated carbocycles. The Kier molecular flexibility index (Phi) is 13.2. The first-order valence-electron chi connectivity index (χ1n) is 18.9. The summed E-state index contributed by atoms with van der Waals surface area (Å²) in [4.78, 5) is 63.7. The SMILES string of the molecule is C=CC1(C(OCC(=O)C(O)(O)OC(=O)C(O)(C(O)(O)O)C(O)(O)O)OC2CC3CC(C4(C)CC(=O)C(=O)C(=O)C4C(C)(O)O)C(O)CC3(C)C2)C(O)(O)C(O)(O)C(O)(O)C(O)(O)C1(O)O. The Morgan fingerprint density at radius 1 is 0.754 bits per heavy atom. The minimum absolute atomic E-state index is 0.207. The Morgan fingerprint density at radius 3 is 1.65 bits per heavy atom. The molecule has 4 aliphatic carbocycles. The fraction of sp³-hybridized carbons (Fsp3) is 0.800. The Labute approximate surface area is 362 Å². The Balaban J connectivity index is 1.81. The third-order valence-electron chi connectivity index (χ3n) is 13.6. The van der Waals surface area contributed by atoms with E-state index in [-0.39, 0.29) is 18.9 Å². The van der Waals surface area contributed by atoms with E-state index in [9.17, 15) is 136 Å². The maximum absolute atomic E-state index is 13.1. The van der Waals surface area contributed by atoms with Crippen molar-refractivity contribution in [3.8, 4) is 0 Å². The lowest BCUT2D eigenvalue weighted by atomic mass is 9.51. The number of Topliss-reactive ketones (excluding diaryl/α,β-unsaturated/α-hetero) is 4. The van der Waals surface area contributed by atoms with E-state index in [1.54, 1.807) is 0 Å². The maximum atomic E-state index is 13.1. The van der Waals surface area contributed by atoms with Gasteiger partial charge < -0.3 is 127 Å². The zero-order valence-corrected chi connectivity index (χ0v) is 34.1. The predicted octanol–water partition coefficient (Wildman–Crippen LogP) is -12.3. The molecule has 0 aliphatic heterocycles. The lowest BCUT2D eigenvalue weighted by Crippen LogP contribution is -2.94. The number of ether oxygens (including phenoxy) is 3. The molecule has 0 heterocycles. The molecule has 4 aliphatic rings. The molecule has 30 heteroatoms. The highest BCUT2D eigenvalue weighted by molar-refractivity contribution is 6.65. The van der Waals surface area contributed by atoms with Crippen molar-refractivity contribution >= 4 is 29.1 Å². The van der Waals surface area contributed by atoms with Crippen molar-refractivity contribution in [2.45, 2.75) is 130 Å². The number of fused-ring (bicyclic) bond motifs is 1. The van der Waals surface area contributed by atoms with E-state index < -0.39 is 166 Å². The Hall–Kier alpha value is -3.07. The molecule has 30 nitrogen and oxygen atoms in total. The van der Waals surface area contributed by atoms with E-state index in [0.717, 1.165) is 6.92 Å². The van der Waals surface area contributed by atoms with Crippen LogP contribution in [0.5, 0.6) is 0 Å². The van der Waals surface area contributed by atoms with Gasteiger partial charge in [-0.1, -0.05) is 19.9 Å². The van der Waals surface area contributed by atoms with Crippen molar-refractivity contribution in [2.24, 2.45) is 34.0 Å². The summed E-state index contributed by atoms with van der Waals surface area (Å²) < 4.78 is 14.5. The molecule has 8 atom stereocenters. The summed E-state index contributed by atoms with van der Waals surface area (Å²) in [5, 5.41) is 228. The number of aliphatic hydroxyl groups excluding tert-OH is 1. The fourth-order valence-electron chi connectivity index (χ4n) is 9.93. The summed E-state index contributed by atoms with van der Waals surface area (Å²) in [6, 6.07) is 0. The quantitative estimate of drug-likeness (QED) is 0.0333. The van der Waals surface area contributed by atoms with Gasteiger partial charge in [0, 0.05) is 6.42 Å². The summed E-state index contributed by atoms with van der Waals surface area (Å²) in [7, 11) is 0. The first-order valence-corrected chi connectivity index (χ1v) is 18.9. The van der Waals surface area contributed by atoms with E-state index in [0.29, 0.717) is 0 Å². The van der Waals surface area contributed by atoms with Gasteiger partial charge in [-0.2, -0.15) is 0 Å². The van der Waals surface area contributed by atoms with Crippen molar-refractivity contribution in [1.29, 1.82) is 0 Å². The molecule has 4 rings (SSSR count). The van der Waals surface area contributed by atoms with E-state index in [2.05, 4.69) is 11.3 Å². The molecule has 0 aromatic heterocycles. The molecule has 22 N–H and O–H groups in total. The maximum Gasteiger partial charge on any atom is 0.390 e. The molecule has 0 radical (unpaired) electrons. The lowest BCUT2D eigenvalue weighted by molar-refractivity contribution is -0.613. The summed E-state index contributed by atoms with van der Waals surface area (Å²) in [5.41, 5.74) is -12.7. The number of hydrogen-bond acceptors (Lipinski definition) is 30. The van der Waals surface area contributed by atoms with E-state index in [4.69, 9.17) is 9.47 Å². The third kappa shape index (κ3) is 7.59. The first-order chi connectivity index (χ1) is 28.7. The van der Waals surface area contributed by atoms with Crippen LogP contribution >= 0.6 is 0 Å². The second-order valence-electron chi connectivity index (χ2n) is 18.0. The van der Waals surface area contributed by atoms with Gasteiger partial charge in [0.1, 0.15) is 6.61 Å². The molecule has 4 fully saturated rings. The van der Waals surface area contributed by atoms with Crippen LogP contribution in [0.2, 0.25) is 0 Å². The standard InChI is InChI=1S/C35H52O30/c1-5-26(29(47,48)31(51,52)33(55,56)32(53,54)30(26,49)50)22(63-11-17(38)28(45,46)65-21(41)27(44,34(57,58)59)35(60,61)62)64-13-6-12-7-14(15(36)9-23(12,2)8-13)24(3)10-16(37)18(39)19(40)20(24)25(4,42)43/h5,12-15,20,22,36,42-62H,1,6-11H2,2-4H3. The number of carbonyl (C=O) groups excluding carboxylic acids is 5. The number of carbonyl (C=O) groups is 5. The minimum Gasteiger partial charge on any atom is -0.399 e. The average Bonchev–Trinajstić information content (AvgIpc) is 3.43. The van der Waals surface area contributed by atoms with Crippen LogP contribution in [0.3, 0.4) is 0 Å². The second kappa shape index (κ2) is 15.7. The molecule has 65 heavy (non-hydrogen) atoms. The number of aliphatic hydroxyl groups is 22. The highest BCUT2D eigenvalue weighted by atomic mass is 16.8. The molecule has 8 unspecified atom stereocenters. The molecule has 0 bridgehead atoms. The number of ketones is 4. The lowest BCUT2D eigenvalue weighted by Gasteiger charge is -2.65. The van der Waals surface area contributed by atoms with Crippen molar-refractivity contribution in [3.63, 3.8) is 0 Å². The summed E-state index contributed by atoms with van der Waals surface area (Å²) in [6.45, 7) is 4.25. The van der Waals surface area contributed by atoms with Gasteiger partial charge in [-0.05, 0) is 55.3 Å². The number of hydrogen-bond donors (Lipinski definition) is 22. The molecular formula is C35H52O30. The van der Waals surface area contributed by atoms with Crippen LogP contribution in [0.4, 0.5) is 0 Å². The van der Waals surface area contributed by atoms with Gasteiger partial charge >= 0.3 is 29.5 Å². The molecule has 372 valence electrons. The van der Waals surface area contributed by atoms with E-state index >= 15 is 0 Å². The first kappa shape index (κ1) is 54.5. The Bertz CT molecular complexity index is 1900. The minimum atomic E-state index is -5.24. The van der Waals surface area contributed by atoms with Gasteiger partial charge in [0.25, 0.3) is 28.9 Å². The molecule has 0 amide bonds. The van der Waals surface area contributed by atoms with Crippen molar-refractivity contribution in [2.75, 3.05) is 6.61 Å². The van der Waals surface area contributed by atoms with Crippen LogP contribution in [0.15, 0.2) is 12.7 Å². The molecule has 0 spiro atoms. The zero-order chi connectivity index (χ0) is 50.9. The van der Waals surface area contributed by atoms with Crippen molar-refractivity contribution in [3.05, 3.63) is 12.7 Å². The van der Waals surface area contributed by atoms with Crippen molar-refractivity contribution < 1.29 is 151 Å². The van der Waals surface area contributed by atoms with Gasteiger partial charge in [0.15, 0.2) is 17.5 Å². The molecular weight excluding hydrogens is 900 g/mol. The molecule has 0 aromatic carbocycles. The summed E-state index contributed by atoms with van der Waals surface area (Å²) in [6.07, 6.45) is -9.03. The van der Waals surface area contributed by atoms with Crippen molar-refractivity contribution in [1.82, 2.24) is 0 Å². The van der Waals surface area contributed by atoms with Crippen LogP contribution in [0, 0.1) is 34.0 Å². The van der Waals surface area contributed by atoms with Crippen LogP contribution in [0.25, 0.3) is 0 Å². The normalized spacial score (nSPS) is 33.8. The number of rotatable bonds is 14. The second-order valence-corrected chi connectivity index (χ2v) is 18.0. The topological polar surface area (TPSA) is 558 Å². The molecule has 0 saturated heterocycles. The summed E-state index contributed by atoms with van der Waals surface area (Å²) in [5.74, 6) is -58.2. The van der Waals surface area contributed by atoms with E-state index in [1.807, 2.05) is 0 Å². The van der Waals surface area contributed by atoms with E-state index in [1.165, 1.54) is 13.8 Å². The van der Waals surface area contributed by atoms with Crippen LogP contribution < -0.4 is 0 Å². The van der Waals surface area contributed by atoms with Gasteiger partial charge in [-0.3, -0.25) is 19.2 Å². The summed E-state index contributed by atoms with van der Waals surface area (Å²) >= 11 is 0. The van der Waals surface area contributed by atoms with Gasteiger partial charge in [-0.15, -0.1) is 6.58 Å². The number of esters is 1. The monoisotopic (exact) mass is 952 g/mol. The highest BCUT2D eigenvalue weighted by Gasteiger charge is 2.92.